The molecule has 0 aliphatic carbocycles. The SMILES string of the molecule is CN(C)c1sc(-c2ccccc2)nc1C=O. The van der Waals surface area contributed by atoms with E-state index >= 15 is 0 Å². The van der Waals surface area contributed by atoms with Gasteiger partial charge in [-0.2, -0.15) is 0 Å². The van der Waals surface area contributed by atoms with Crippen LogP contribution in [0.3, 0.4) is 0 Å². The minimum absolute atomic E-state index is 0.508. The molecule has 0 amide bonds. The summed E-state index contributed by atoms with van der Waals surface area (Å²) in [5.74, 6) is 0. The minimum Gasteiger partial charge on any atom is -0.368 e. The molecule has 0 N–H and O–H groups in total. The molecule has 1 aromatic carbocycles. The number of nitrogens with zero attached hydrogens (tertiary/aromatic N) is 2. The van der Waals surface area contributed by atoms with E-state index in [9.17, 15) is 4.79 Å². The van der Waals surface area contributed by atoms with Gasteiger partial charge in [0, 0.05) is 19.7 Å². The highest BCUT2D eigenvalue weighted by atomic mass is 32.1. The van der Waals surface area contributed by atoms with E-state index in [0.29, 0.717) is 5.69 Å². The third-order valence-electron chi connectivity index (χ3n) is 2.17. The van der Waals surface area contributed by atoms with Crippen molar-refractivity contribution in [3.8, 4) is 10.6 Å². The number of carbonyl (C=O) groups is 1. The van der Waals surface area contributed by atoms with Crippen molar-refractivity contribution in [2.24, 2.45) is 0 Å². The summed E-state index contributed by atoms with van der Waals surface area (Å²) >= 11 is 1.53. The number of rotatable bonds is 3. The first-order valence-corrected chi connectivity index (χ1v) is 5.73. The number of hydrogen-bond acceptors (Lipinski definition) is 4. The lowest BCUT2D eigenvalue weighted by Crippen LogP contribution is -2.08. The number of benzene rings is 1. The van der Waals surface area contributed by atoms with Gasteiger partial charge in [0.05, 0.1) is 0 Å². The quantitative estimate of drug-likeness (QED) is 0.763. The van der Waals surface area contributed by atoms with Crippen molar-refractivity contribution < 1.29 is 4.79 Å². The van der Waals surface area contributed by atoms with Crippen LogP contribution in [0.1, 0.15) is 10.5 Å². The zero-order chi connectivity index (χ0) is 11.5. The van der Waals surface area contributed by atoms with Crippen molar-refractivity contribution >= 4 is 22.6 Å². The Morgan fingerprint density at radius 3 is 2.44 bits per heavy atom. The molecule has 2 rings (SSSR count). The van der Waals surface area contributed by atoms with Gasteiger partial charge in [-0.05, 0) is 0 Å². The lowest BCUT2D eigenvalue weighted by Gasteiger charge is -2.07. The summed E-state index contributed by atoms with van der Waals surface area (Å²) in [5, 5.41) is 1.78. The van der Waals surface area contributed by atoms with E-state index < -0.39 is 0 Å². The minimum atomic E-state index is 0.508. The Kier molecular flexibility index (Phi) is 3.01. The van der Waals surface area contributed by atoms with Gasteiger partial charge in [-0.25, -0.2) is 4.98 Å². The predicted octanol–water partition coefficient (Wildman–Crippen LogP) is 2.69. The third-order valence-corrected chi connectivity index (χ3v) is 3.46. The molecule has 0 fully saturated rings. The van der Waals surface area contributed by atoms with Crippen molar-refractivity contribution in [3.63, 3.8) is 0 Å². The van der Waals surface area contributed by atoms with Crippen LogP contribution in [-0.4, -0.2) is 25.4 Å². The fourth-order valence-electron chi connectivity index (χ4n) is 1.43. The van der Waals surface area contributed by atoms with E-state index in [2.05, 4.69) is 4.98 Å². The first-order chi connectivity index (χ1) is 7.72. The molecule has 0 aliphatic heterocycles. The average Bonchev–Trinajstić information content (AvgIpc) is 2.74. The lowest BCUT2D eigenvalue weighted by molar-refractivity contribution is 0.112. The predicted molar refractivity (Wildman–Crippen MR) is 67.3 cm³/mol. The summed E-state index contributed by atoms with van der Waals surface area (Å²) in [7, 11) is 3.82. The second-order valence-electron chi connectivity index (χ2n) is 3.59. The molecule has 1 aromatic heterocycles. The maximum absolute atomic E-state index is 10.9. The Morgan fingerprint density at radius 2 is 1.94 bits per heavy atom. The van der Waals surface area contributed by atoms with E-state index in [1.807, 2.05) is 49.3 Å². The van der Waals surface area contributed by atoms with Crippen LogP contribution < -0.4 is 4.90 Å². The standard InChI is InChI=1S/C12H12N2OS/c1-14(2)12-10(8-15)13-11(16-12)9-6-4-3-5-7-9/h3-8H,1-2H3. The largest absolute Gasteiger partial charge is 0.368 e. The van der Waals surface area contributed by atoms with Crippen LogP contribution in [0.5, 0.6) is 0 Å². The molecule has 0 radical (unpaired) electrons. The van der Waals surface area contributed by atoms with Gasteiger partial charge in [0.2, 0.25) is 0 Å². The van der Waals surface area contributed by atoms with Crippen LogP contribution in [-0.2, 0) is 0 Å². The monoisotopic (exact) mass is 232 g/mol. The molecule has 2 aromatic rings. The average molecular weight is 232 g/mol. The number of aldehydes is 1. The van der Waals surface area contributed by atoms with Crippen LogP contribution in [0.15, 0.2) is 30.3 Å². The van der Waals surface area contributed by atoms with Crippen molar-refractivity contribution in [1.82, 2.24) is 4.98 Å². The van der Waals surface area contributed by atoms with Gasteiger partial charge >= 0.3 is 0 Å². The second kappa shape index (κ2) is 4.45. The van der Waals surface area contributed by atoms with Gasteiger partial charge in [-0.3, -0.25) is 4.79 Å². The molecule has 1 heterocycles. The molecular formula is C12H12N2OS. The number of carbonyl (C=O) groups excluding carboxylic acids is 1. The van der Waals surface area contributed by atoms with Crippen molar-refractivity contribution in [2.45, 2.75) is 0 Å². The van der Waals surface area contributed by atoms with Crippen molar-refractivity contribution in [3.05, 3.63) is 36.0 Å². The van der Waals surface area contributed by atoms with E-state index in [0.717, 1.165) is 21.9 Å². The summed E-state index contributed by atoms with van der Waals surface area (Å²) in [6.07, 6.45) is 0.804. The normalized spacial score (nSPS) is 10.1. The van der Waals surface area contributed by atoms with E-state index in [1.165, 1.54) is 11.3 Å². The van der Waals surface area contributed by atoms with Gasteiger partial charge in [0.15, 0.2) is 6.29 Å². The highest BCUT2D eigenvalue weighted by Crippen LogP contribution is 2.32. The third kappa shape index (κ3) is 1.97. The van der Waals surface area contributed by atoms with Gasteiger partial charge in [-0.15, -0.1) is 0 Å². The zero-order valence-corrected chi connectivity index (χ0v) is 9.99. The number of hydrogen-bond donors (Lipinski definition) is 0. The molecule has 0 saturated carbocycles. The van der Waals surface area contributed by atoms with E-state index in [1.54, 1.807) is 0 Å². The maximum Gasteiger partial charge on any atom is 0.171 e. The Labute approximate surface area is 98.4 Å². The van der Waals surface area contributed by atoms with Crippen molar-refractivity contribution in [2.75, 3.05) is 19.0 Å². The number of thiazole rings is 1. The van der Waals surface area contributed by atoms with E-state index in [-0.39, 0.29) is 0 Å². The van der Waals surface area contributed by atoms with Crippen LogP contribution in [0.2, 0.25) is 0 Å². The van der Waals surface area contributed by atoms with E-state index in [4.69, 9.17) is 0 Å². The fourth-order valence-corrected chi connectivity index (χ4v) is 2.39. The Hall–Kier alpha value is -1.68. The molecule has 4 heteroatoms. The Bertz CT molecular complexity index is 491. The van der Waals surface area contributed by atoms with Crippen LogP contribution in [0.25, 0.3) is 10.6 Å². The summed E-state index contributed by atoms with van der Waals surface area (Å²) in [5.41, 5.74) is 1.55. The van der Waals surface area contributed by atoms with Crippen LogP contribution >= 0.6 is 11.3 Å². The molecule has 0 saturated heterocycles. The smallest absolute Gasteiger partial charge is 0.171 e. The van der Waals surface area contributed by atoms with Gasteiger partial charge in [-0.1, -0.05) is 41.7 Å². The summed E-state index contributed by atoms with van der Waals surface area (Å²) in [6.45, 7) is 0. The lowest BCUT2D eigenvalue weighted by atomic mass is 10.2. The first kappa shape index (κ1) is 10.8. The number of aromatic nitrogens is 1. The van der Waals surface area contributed by atoms with Gasteiger partial charge in [0.1, 0.15) is 15.7 Å². The first-order valence-electron chi connectivity index (χ1n) is 4.91. The summed E-state index contributed by atoms with van der Waals surface area (Å²) < 4.78 is 0. The maximum atomic E-state index is 10.9. The molecular weight excluding hydrogens is 220 g/mol. The van der Waals surface area contributed by atoms with Crippen molar-refractivity contribution in [1.29, 1.82) is 0 Å². The molecule has 0 bridgehead atoms. The Morgan fingerprint density at radius 1 is 1.25 bits per heavy atom. The topological polar surface area (TPSA) is 33.2 Å². The van der Waals surface area contributed by atoms with Crippen LogP contribution in [0, 0.1) is 0 Å². The Balaban J connectivity index is 2.48. The molecule has 0 unspecified atom stereocenters. The fraction of sp³-hybridized carbons (Fsp3) is 0.167. The highest BCUT2D eigenvalue weighted by Gasteiger charge is 2.12. The summed E-state index contributed by atoms with van der Waals surface area (Å²) in [4.78, 5) is 17.1. The summed E-state index contributed by atoms with van der Waals surface area (Å²) in [6, 6.07) is 9.88. The van der Waals surface area contributed by atoms with Gasteiger partial charge in [0.25, 0.3) is 0 Å². The zero-order valence-electron chi connectivity index (χ0n) is 9.18. The number of anilines is 1. The molecule has 3 nitrogen and oxygen atoms in total. The molecule has 0 spiro atoms. The van der Waals surface area contributed by atoms with Crippen LogP contribution in [0.4, 0.5) is 5.00 Å². The highest BCUT2D eigenvalue weighted by molar-refractivity contribution is 7.19. The molecule has 82 valence electrons. The van der Waals surface area contributed by atoms with Gasteiger partial charge < -0.3 is 4.90 Å². The molecule has 0 atom stereocenters. The molecule has 16 heavy (non-hydrogen) atoms. The second-order valence-corrected chi connectivity index (χ2v) is 4.57. The molecule has 0 aliphatic rings.